The summed E-state index contributed by atoms with van der Waals surface area (Å²) in [6, 6.07) is 0.308. The van der Waals surface area contributed by atoms with Gasteiger partial charge in [-0.1, -0.05) is 30.2 Å². The number of nitrogens with one attached hydrogen (secondary N) is 1. The van der Waals surface area contributed by atoms with Gasteiger partial charge in [0.15, 0.2) is 0 Å². The van der Waals surface area contributed by atoms with Gasteiger partial charge in [0.2, 0.25) is 0 Å². The second kappa shape index (κ2) is 7.61. The van der Waals surface area contributed by atoms with Gasteiger partial charge in [-0.05, 0) is 33.4 Å². The fraction of sp³-hybridized carbons (Fsp3) is 0.600. The molecule has 1 fully saturated rings. The van der Waals surface area contributed by atoms with Crippen LogP contribution in [0.25, 0.3) is 0 Å². The molecule has 1 aliphatic heterocycles. The number of rotatable bonds is 4. The third-order valence-electron chi connectivity index (χ3n) is 3.73. The minimum absolute atomic E-state index is 0.224. The average Bonchev–Trinajstić information content (AvgIpc) is 2.67. The summed E-state index contributed by atoms with van der Waals surface area (Å²) < 4.78 is 1.37. The number of aromatic nitrogens is 2. The Morgan fingerprint density at radius 1 is 1.52 bits per heavy atom. The number of nitrogens with zero attached hydrogens (tertiary/aromatic N) is 3. The van der Waals surface area contributed by atoms with Gasteiger partial charge >= 0.3 is 0 Å². The fourth-order valence-electron chi connectivity index (χ4n) is 2.57. The van der Waals surface area contributed by atoms with E-state index >= 15 is 0 Å². The Hall–Kier alpha value is -1.33. The molecule has 1 N–H and O–H groups in total. The number of likely N-dealkylation sites (tertiary alicyclic amines) is 1. The van der Waals surface area contributed by atoms with Crippen LogP contribution in [0.2, 0.25) is 5.02 Å². The summed E-state index contributed by atoms with van der Waals surface area (Å²) in [7, 11) is 2.12. The lowest BCUT2D eigenvalue weighted by atomic mass is 10.1. The van der Waals surface area contributed by atoms with E-state index in [9.17, 15) is 4.79 Å². The molecule has 1 atom stereocenters. The Kier molecular flexibility index (Phi) is 5.82. The van der Waals surface area contributed by atoms with Crippen LogP contribution in [-0.2, 0) is 6.54 Å². The molecule has 1 aromatic heterocycles. The highest BCUT2D eigenvalue weighted by Crippen LogP contribution is 2.19. The second-order valence-electron chi connectivity index (χ2n) is 5.53. The number of anilines is 1. The van der Waals surface area contributed by atoms with Crippen LogP contribution in [0.1, 0.15) is 26.2 Å². The summed E-state index contributed by atoms with van der Waals surface area (Å²) in [4.78, 5) is 14.5. The van der Waals surface area contributed by atoms with Gasteiger partial charge in [-0.2, -0.15) is 5.10 Å². The summed E-state index contributed by atoms with van der Waals surface area (Å²) in [6.07, 6.45) is 8.89. The molecule has 1 aliphatic rings. The summed E-state index contributed by atoms with van der Waals surface area (Å²) in [5, 5.41) is 7.78. The van der Waals surface area contributed by atoms with E-state index in [-0.39, 0.29) is 10.6 Å². The zero-order chi connectivity index (χ0) is 15.2. The highest BCUT2D eigenvalue weighted by Gasteiger charge is 2.17. The highest BCUT2D eigenvalue weighted by atomic mass is 35.5. The van der Waals surface area contributed by atoms with Crippen molar-refractivity contribution in [3.63, 3.8) is 0 Å². The van der Waals surface area contributed by atoms with E-state index in [0.717, 1.165) is 19.5 Å². The molecular formula is C15H23ClN4O. The number of allylic oxidation sites excluding steroid dienone is 2. The number of hydrogen-bond acceptors (Lipinski definition) is 4. The van der Waals surface area contributed by atoms with E-state index in [4.69, 9.17) is 11.6 Å². The maximum atomic E-state index is 12.2. The van der Waals surface area contributed by atoms with Crippen LogP contribution >= 0.6 is 11.6 Å². The Morgan fingerprint density at radius 3 is 3.10 bits per heavy atom. The maximum absolute atomic E-state index is 12.2. The normalized spacial score (nSPS) is 20.6. The van der Waals surface area contributed by atoms with Crippen molar-refractivity contribution in [2.45, 2.75) is 38.8 Å². The molecule has 0 spiro atoms. The fourth-order valence-corrected chi connectivity index (χ4v) is 2.77. The van der Waals surface area contributed by atoms with Crippen molar-refractivity contribution >= 4 is 17.3 Å². The first kappa shape index (κ1) is 16.0. The zero-order valence-electron chi connectivity index (χ0n) is 12.7. The molecule has 21 heavy (non-hydrogen) atoms. The smallest absolute Gasteiger partial charge is 0.287 e. The van der Waals surface area contributed by atoms with E-state index < -0.39 is 0 Å². The van der Waals surface area contributed by atoms with Gasteiger partial charge in [-0.3, -0.25) is 4.79 Å². The average molecular weight is 311 g/mol. The minimum Gasteiger partial charge on any atom is -0.378 e. The van der Waals surface area contributed by atoms with Crippen LogP contribution in [0.5, 0.6) is 0 Å². The summed E-state index contributed by atoms with van der Waals surface area (Å²) in [6.45, 7) is 4.43. The van der Waals surface area contributed by atoms with Gasteiger partial charge in [0, 0.05) is 12.6 Å². The molecule has 5 nitrogen and oxygen atoms in total. The molecule has 0 radical (unpaired) electrons. The lowest BCUT2D eigenvalue weighted by molar-refractivity contribution is 0.339. The maximum Gasteiger partial charge on any atom is 0.287 e. The second-order valence-corrected chi connectivity index (χ2v) is 5.91. The molecule has 116 valence electrons. The molecule has 0 saturated carbocycles. The van der Waals surface area contributed by atoms with Crippen LogP contribution in [0.15, 0.2) is 23.1 Å². The lowest BCUT2D eigenvalue weighted by Gasteiger charge is -2.22. The van der Waals surface area contributed by atoms with Crippen molar-refractivity contribution in [2.24, 2.45) is 0 Å². The molecule has 0 bridgehead atoms. The van der Waals surface area contributed by atoms with Gasteiger partial charge in [0.25, 0.3) is 5.56 Å². The van der Waals surface area contributed by atoms with Crippen molar-refractivity contribution in [3.8, 4) is 0 Å². The van der Waals surface area contributed by atoms with Gasteiger partial charge in [-0.25, -0.2) is 4.68 Å². The topological polar surface area (TPSA) is 50.2 Å². The monoisotopic (exact) mass is 310 g/mol. The predicted molar refractivity (Wildman–Crippen MR) is 87.1 cm³/mol. The van der Waals surface area contributed by atoms with Crippen LogP contribution < -0.4 is 10.9 Å². The van der Waals surface area contributed by atoms with Gasteiger partial charge in [0.1, 0.15) is 5.02 Å². The standard InChI is InChI=1S/C15H23ClN4O/c1-3-4-9-20-15(21)14(16)13(10-17-20)18-12-7-5-6-8-19(2)11-12/h3-4,10,12,18H,5-9,11H2,1-2H3. The van der Waals surface area contributed by atoms with Crippen LogP contribution in [-0.4, -0.2) is 40.9 Å². The third kappa shape index (κ3) is 4.32. The molecule has 1 aromatic rings. The van der Waals surface area contributed by atoms with E-state index in [1.807, 2.05) is 19.1 Å². The number of halogens is 1. The van der Waals surface area contributed by atoms with Crippen LogP contribution in [0.4, 0.5) is 5.69 Å². The molecule has 1 saturated heterocycles. The van der Waals surface area contributed by atoms with Gasteiger partial charge < -0.3 is 10.2 Å². The van der Waals surface area contributed by atoms with E-state index in [0.29, 0.717) is 18.3 Å². The highest BCUT2D eigenvalue weighted by molar-refractivity contribution is 6.32. The Morgan fingerprint density at radius 2 is 2.33 bits per heavy atom. The molecular weight excluding hydrogens is 288 g/mol. The van der Waals surface area contributed by atoms with Crippen molar-refractivity contribution in [1.29, 1.82) is 0 Å². The number of hydrogen-bond donors (Lipinski definition) is 1. The summed E-state index contributed by atoms with van der Waals surface area (Å²) in [5.74, 6) is 0. The van der Waals surface area contributed by atoms with Crippen molar-refractivity contribution in [1.82, 2.24) is 14.7 Å². The molecule has 6 heteroatoms. The van der Waals surface area contributed by atoms with Crippen LogP contribution in [0.3, 0.4) is 0 Å². The third-order valence-corrected chi connectivity index (χ3v) is 4.10. The largest absolute Gasteiger partial charge is 0.378 e. The van der Waals surface area contributed by atoms with Crippen molar-refractivity contribution < 1.29 is 0 Å². The molecule has 2 rings (SSSR count). The quantitative estimate of drug-likeness (QED) is 0.868. The van der Waals surface area contributed by atoms with Gasteiger partial charge in [0.05, 0.1) is 18.4 Å². The Balaban J connectivity index is 2.13. The van der Waals surface area contributed by atoms with Crippen molar-refractivity contribution in [2.75, 3.05) is 25.5 Å². The first-order valence-electron chi connectivity index (χ1n) is 7.43. The zero-order valence-corrected chi connectivity index (χ0v) is 13.4. The molecule has 1 unspecified atom stereocenters. The SMILES string of the molecule is CC=CCn1ncc(NC2CCCCN(C)C2)c(Cl)c1=O. The predicted octanol–water partition coefficient (Wildman–Crippen LogP) is 2.37. The first-order valence-corrected chi connectivity index (χ1v) is 7.81. The summed E-state index contributed by atoms with van der Waals surface area (Å²) in [5.41, 5.74) is 0.389. The Bertz CT molecular complexity index is 555. The molecule has 0 aliphatic carbocycles. The summed E-state index contributed by atoms with van der Waals surface area (Å²) >= 11 is 6.20. The molecule has 2 heterocycles. The molecule has 0 aromatic carbocycles. The van der Waals surface area contributed by atoms with Gasteiger partial charge in [-0.15, -0.1) is 0 Å². The number of likely N-dealkylation sites (N-methyl/N-ethyl adjacent to an activating group) is 1. The van der Waals surface area contributed by atoms with E-state index in [1.165, 1.54) is 17.5 Å². The molecule has 0 amide bonds. The first-order chi connectivity index (χ1) is 10.1. The van der Waals surface area contributed by atoms with Crippen molar-refractivity contribution in [3.05, 3.63) is 33.7 Å². The minimum atomic E-state index is -0.248. The van der Waals surface area contributed by atoms with E-state index in [2.05, 4.69) is 22.4 Å². The lowest BCUT2D eigenvalue weighted by Crippen LogP contribution is -2.33. The van der Waals surface area contributed by atoms with Crippen LogP contribution in [0, 0.1) is 0 Å². The Labute approximate surface area is 130 Å². The van der Waals surface area contributed by atoms with E-state index in [1.54, 1.807) is 6.20 Å².